The molecule has 1 nitrogen and oxygen atoms in total. The second-order valence-corrected chi connectivity index (χ2v) is 6.16. The molecule has 0 unspecified atom stereocenters. The number of Topliss-reactive ketones (excluding diaryl/α,β-unsaturated/α-hetero) is 1. The van der Waals surface area contributed by atoms with Gasteiger partial charge in [0.1, 0.15) is 5.78 Å². The van der Waals surface area contributed by atoms with Gasteiger partial charge in [-0.05, 0) is 53.4 Å². The fourth-order valence-corrected chi connectivity index (χ4v) is 3.16. The lowest BCUT2D eigenvalue weighted by Gasteiger charge is -2.05. The molecule has 1 aromatic rings. The van der Waals surface area contributed by atoms with Crippen LogP contribution in [0.3, 0.4) is 0 Å². The Balaban J connectivity index is 2.10. The minimum atomic E-state index is 0.212. The summed E-state index contributed by atoms with van der Waals surface area (Å²) in [6, 6.07) is 6.23. The Morgan fingerprint density at radius 2 is 2.27 bits per heavy atom. The number of carbonyl (C=O) groups is 1. The molecule has 0 heterocycles. The standard InChI is InChI=1S/C12H13BrOS/c1-8(14)6-9-2-5-12(11(13)7-9)15-10-3-4-10/h2,5,7,10H,3-4,6H2,1H3. The van der Waals surface area contributed by atoms with Gasteiger partial charge in [-0.2, -0.15) is 0 Å². The molecule has 1 fully saturated rings. The fourth-order valence-electron chi connectivity index (χ4n) is 1.40. The highest BCUT2D eigenvalue weighted by atomic mass is 79.9. The fraction of sp³-hybridized carbons (Fsp3) is 0.417. The number of ketones is 1. The minimum Gasteiger partial charge on any atom is -0.300 e. The Morgan fingerprint density at radius 1 is 1.53 bits per heavy atom. The van der Waals surface area contributed by atoms with Gasteiger partial charge in [0.05, 0.1) is 0 Å². The summed E-state index contributed by atoms with van der Waals surface area (Å²) in [5.41, 5.74) is 1.09. The van der Waals surface area contributed by atoms with Crippen molar-refractivity contribution in [3.63, 3.8) is 0 Å². The predicted octanol–water partition coefficient (Wildman–Crippen LogP) is 3.84. The van der Waals surface area contributed by atoms with Gasteiger partial charge in [0.25, 0.3) is 0 Å². The van der Waals surface area contributed by atoms with Gasteiger partial charge in [0.2, 0.25) is 0 Å². The van der Waals surface area contributed by atoms with E-state index in [0.717, 1.165) is 15.3 Å². The highest BCUT2D eigenvalue weighted by molar-refractivity contribution is 9.10. The lowest BCUT2D eigenvalue weighted by atomic mass is 10.1. The van der Waals surface area contributed by atoms with E-state index in [-0.39, 0.29) is 5.78 Å². The van der Waals surface area contributed by atoms with E-state index >= 15 is 0 Å². The van der Waals surface area contributed by atoms with Crippen LogP contribution in [-0.2, 0) is 11.2 Å². The van der Waals surface area contributed by atoms with E-state index in [1.54, 1.807) is 6.92 Å². The number of thioether (sulfide) groups is 1. The van der Waals surface area contributed by atoms with Crippen molar-refractivity contribution < 1.29 is 4.79 Å². The molecule has 0 spiro atoms. The van der Waals surface area contributed by atoms with Gasteiger partial charge in [0.15, 0.2) is 0 Å². The molecule has 1 aliphatic carbocycles. The molecule has 1 aliphatic rings. The molecule has 0 N–H and O–H groups in total. The molecular weight excluding hydrogens is 272 g/mol. The second-order valence-electron chi connectivity index (χ2n) is 3.96. The van der Waals surface area contributed by atoms with Crippen molar-refractivity contribution in [2.24, 2.45) is 0 Å². The molecule has 1 aromatic carbocycles. The van der Waals surface area contributed by atoms with Gasteiger partial charge in [-0.15, -0.1) is 11.8 Å². The summed E-state index contributed by atoms with van der Waals surface area (Å²) in [6.07, 6.45) is 3.21. The van der Waals surface area contributed by atoms with E-state index < -0.39 is 0 Å². The predicted molar refractivity (Wildman–Crippen MR) is 67.4 cm³/mol. The second kappa shape index (κ2) is 4.71. The van der Waals surface area contributed by atoms with Crippen LogP contribution in [0.1, 0.15) is 25.3 Å². The highest BCUT2D eigenvalue weighted by Crippen LogP contribution is 2.42. The number of hydrogen-bond acceptors (Lipinski definition) is 2. The van der Waals surface area contributed by atoms with Crippen LogP contribution >= 0.6 is 27.7 Å². The minimum absolute atomic E-state index is 0.212. The highest BCUT2D eigenvalue weighted by Gasteiger charge is 2.23. The van der Waals surface area contributed by atoms with Gasteiger partial charge in [-0.1, -0.05) is 6.07 Å². The molecule has 1 saturated carbocycles. The smallest absolute Gasteiger partial charge is 0.134 e. The zero-order valence-electron chi connectivity index (χ0n) is 8.63. The summed E-state index contributed by atoms with van der Waals surface area (Å²) >= 11 is 5.49. The van der Waals surface area contributed by atoms with E-state index in [4.69, 9.17) is 0 Å². The van der Waals surface area contributed by atoms with Crippen molar-refractivity contribution in [1.29, 1.82) is 0 Å². The largest absolute Gasteiger partial charge is 0.300 e. The first-order chi connectivity index (χ1) is 7.15. The summed E-state index contributed by atoms with van der Waals surface area (Å²) < 4.78 is 1.12. The van der Waals surface area contributed by atoms with Crippen LogP contribution in [0.25, 0.3) is 0 Å². The van der Waals surface area contributed by atoms with Crippen molar-refractivity contribution >= 4 is 33.5 Å². The number of benzene rings is 1. The Bertz CT molecular complexity index is 385. The van der Waals surface area contributed by atoms with Crippen molar-refractivity contribution in [3.8, 4) is 0 Å². The average Bonchev–Trinajstić information content (AvgIpc) is 2.92. The molecule has 0 atom stereocenters. The van der Waals surface area contributed by atoms with E-state index in [9.17, 15) is 4.79 Å². The lowest BCUT2D eigenvalue weighted by Crippen LogP contribution is -1.96. The maximum Gasteiger partial charge on any atom is 0.134 e. The molecule has 15 heavy (non-hydrogen) atoms. The van der Waals surface area contributed by atoms with E-state index in [1.807, 2.05) is 11.8 Å². The van der Waals surface area contributed by atoms with Gasteiger partial charge in [0, 0.05) is 21.0 Å². The number of carbonyl (C=O) groups excluding carboxylic acids is 1. The average molecular weight is 285 g/mol. The van der Waals surface area contributed by atoms with Gasteiger partial charge < -0.3 is 0 Å². The van der Waals surface area contributed by atoms with Crippen LogP contribution in [-0.4, -0.2) is 11.0 Å². The molecule has 0 bridgehead atoms. The maximum absolute atomic E-state index is 11.0. The van der Waals surface area contributed by atoms with Crippen molar-refractivity contribution in [2.75, 3.05) is 0 Å². The van der Waals surface area contributed by atoms with E-state index in [2.05, 4.69) is 34.1 Å². The molecule has 80 valence electrons. The first kappa shape index (κ1) is 11.2. The summed E-state index contributed by atoms with van der Waals surface area (Å²) in [4.78, 5) is 12.3. The van der Waals surface area contributed by atoms with Crippen molar-refractivity contribution in [3.05, 3.63) is 28.2 Å². The van der Waals surface area contributed by atoms with Crippen LogP contribution in [0.4, 0.5) is 0 Å². The molecule has 0 amide bonds. The van der Waals surface area contributed by atoms with E-state index in [0.29, 0.717) is 6.42 Å². The number of halogens is 1. The van der Waals surface area contributed by atoms with Gasteiger partial charge >= 0.3 is 0 Å². The van der Waals surface area contributed by atoms with Crippen LogP contribution in [0.15, 0.2) is 27.6 Å². The zero-order valence-corrected chi connectivity index (χ0v) is 11.0. The Hall–Kier alpha value is -0.280. The normalized spacial score (nSPS) is 15.3. The first-order valence-electron chi connectivity index (χ1n) is 5.09. The molecule has 2 rings (SSSR count). The van der Waals surface area contributed by atoms with Crippen LogP contribution in [0.2, 0.25) is 0 Å². The summed E-state index contributed by atoms with van der Waals surface area (Å²) in [5, 5.41) is 0.819. The third-order valence-electron chi connectivity index (χ3n) is 2.27. The third-order valence-corrected chi connectivity index (χ3v) is 4.60. The SMILES string of the molecule is CC(=O)Cc1ccc(SC2CC2)c(Br)c1. The number of rotatable bonds is 4. The molecule has 0 aliphatic heterocycles. The summed E-state index contributed by atoms with van der Waals surface area (Å²) in [6.45, 7) is 1.63. The Morgan fingerprint density at radius 3 is 2.80 bits per heavy atom. The Kier molecular flexibility index (Phi) is 3.52. The zero-order chi connectivity index (χ0) is 10.8. The Labute approximate surface area is 103 Å². The van der Waals surface area contributed by atoms with Gasteiger partial charge in [-0.3, -0.25) is 4.79 Å². The molecule has 0 saturated heterocycles. The van der Waals surface area contributed by atoms with E-state index in [1.165, 1.54) is 17.7 Å². The quantitative estimate of drug-likeness (QED) is 0.836. The lowest BCUT2D eigenvalue weighted by molar-refractivity contribution is -0.116. The summed E-state index contributed by atoms with van der Waals surface area (Å²) in [7, 11) is 0. The van der Waals surface area contributed by atoms with Crippen LogP contribution in [0.5, 0.6) is 0 Å². The maximum atomic E-state index is 11.0. The van der Waals surface area contributed by atoms with Gasteiger partial charge in [-0.25, -0.2) is 0 Å². The van der Waals surface area contributed by atoms with Crippen molar-refractivity contribution in [1.82, 2.24) is 0 Å². The molecule has 3 heteroatoms. The topological polar surface area (TPSA) is 17.1 Å². The monoisotopic (exact) mass is 284 g/mol. The van der Waals surface area contributed by atoms with Crippen LogP contribution < -0.4 is 0 Å². The van der Waals surface area contributed by atoms with Crippen LogP contribution in [0, 0.1) is 0 Å². The molecule has 0 radical (unpaired) electrons. The number of hydrogen-bond donors (Lipinski definition) is 0. The molecular formula is C12H13BrOS. The first-order valence-corrected chi connectivity index (χ1v) is 6.77. The summed E-state index contributed by atoms with van der Waals surface area (Å²) in [5.74, 6) is 0.212. The molecule has 0 aromatic heterocycles. The third kappa shape index (κ3) is 3.35. The van der Waals surface area contributed by atoms with Crippen molar-refractivity contribution in [2.45, 2.75) is 36.3 Å².